The van der Waals surface area contributed by atoms with Crippen LogP contribution in [-0.4, -0.2) is 35.4 Å². The van der Waals surface area contributed by atoms with Crippen LogP contribution in [0.4, 0.5) is 11.4 Å². The molecule has 2 aromatic carbocycles. The lowest BCUT2D eigenvalue weighted by molar-refractivity contribution is -0.122. The zero-order valence-corrected chi connectivity index (χ0v) is 16.8. The third kappa shape index (κ3) is 4.00. The van der Waals surface area contributed by atoms with E-state index in [4.69, 9.17) is 4.74 Å². The molecule has 1 saturated heterocycles. The van der Waals surface area contributed by atoms with E-state index < -0.39 is 5.92 Å². The number of anilines is 2. The Labute approximate surface area is 174 Å². The first-order chi connectivity index (χ1) is 14.5. The quantitative estimate of drug-likeness (QED) is 0.707. The molecule has 0 spiro atoms. The van der Waals surface area contributed by atoms with Crippen LogP contribution in [0, 0.1) is 12.8 Å². The van der Waals surface area contributed by atoms with E-state index in [1.54, 1.807) is 24.4 Å². The molecule has 152 valence electrons. The SMILES string of the molecule is COc1ccc(C)cc1N1CC(C(=O)Nc2cnc(-c3ccccc3)nc2)CC1=O. The van der Waals surface area contributed by atoms with Crippen LogP contribution in [0.25, 0.3) is 11.4 Å². The fourth-order valence-electron chi connectivity index (χ4n) is 3.50. The van der Waals surface area contributed by atoms with Gasteiger partial charge in [-0.05, 0) is 24.6 Å². The van der Waals surface area contributed by atoms with Crippen molar-refractivity contribution >= 4 is 23.2 Å². The molecule has 1 aromatic heterocycles. The lowest BCUT2D eigenvalue weighted by atomic mass is 10.1. The Morgan fingerprint density at radius 1 is 1.13 bits per heavy atom. The van der Waals surface area contributed by atoms with E-state index in [0.29, 0.717) is 29.5 Å². The van der Waals surface area contributed by atoms with Crippen molar-refractivity contribution in [3.05, 3.63) is 66.5 Å². The van der Waals surface area contributed by atoms with Gasteiger partial charge in [0.2, 0.25) is 11.8 Å². The van der Waals surface area contributed by atoms with Gasteiger partial charge in [-0.25, -0.2) is 9.97 Å². The first kappa shape index (κ1) is 19.6. The van der Waals surface area contributed by atoms with E-state index in [1.807, 2.05) is 55.5 Å². The minimum atomic E-state index is -0.462. The van der Waals surface area contributed by atoms with E-state index in [-0.39, 0.29) is 18.2 Å². The number of hydrogen-bond donors (Lipinski definition) is 1. The van der Waals surface area contributed by atoms with E-state index in [1.165, 1.54) is 0 Å². The van der Waals surface area contributed by atoms with Gasteiger partial charge in [-0.2, -0.15) is 0 Å². The van der Waals surface area contributed by atoms with Crippen molar-refractivity contribution in [2.24, 2.45) is 5.92 Å². The summed E-state index contributed by atoms with van der Waals surface area (Å²) in [7, 11) is 1.57. The Morgan fingerprint density at radius 3 is 2.57 bits per heavy atom. The minimum Gasteiger partial charge on any atom is -0.495 e. The number of ether oxygens (including phenoxy) is 1. The lowest BCUT2D eigenvalue weighted by Gasteiger charge is -2.20. The van der Waals surface area contributed by atoms with Crippen LogP contribution >= 0.6 is 0 Å². The monoisotopic (exact) mass is 402 g/mol. The first-order valence-corrected chi connectivity index (χ1v) is 9.68. The Bertz CT molecular complexity index is 1070. The third-order valence-electron chi connectivity index (χ3n) is 5.07. The number of hydrogen-bond acceptors (Lipinski definition) is 5. The molecule has 2 heterocycles. The molecule has 1 aliphatic heterocycles. The van der Waals surface area contributed by atoms with Crippen LogP contribution in [0.1, 0.15) is 12.0 Å². The maximum absolute atomic E-state index is 12.7. The molecule has 7 nitrogen and oxygen atoms in total. The molecule has 0 radical (unpaired) electrons. The second-order valence-corrected chi connectivity index (χ2v) is 7.23. The minimum absolute atomic E-state index is 0.102. The first-order valence-electron chi connectivity index (χ1n) is 9.68. The number of benzene rings is 2. The fraction of sp³-hybridized carbons (Fsp3) is 0.217. The van der Waals surface area contributed by atoms with Crippen LogP contribution < -0.4 is 15.0 Å². The average Bonchev–Trinajstić information content (AvgIpc) is 3.16. The molecule has 0 bridgehead atoms. The van der Waals surface area contributed by atoms with Gasteiger partial charge in [0.25, 0.3) is 0 Å². The fourth-order valence-corrected chi connectivity index (χ4v) is 3.50. The molecule has 0 aliphatic carbocycles. The van der Waals surface area contributed by atoms with Gasteiger partial charge in [-0.3, -0.25) is 9.59 Å². The highest BCUT2D eigenvalue weighted by Gasteiger charge is 2.36. The van der Waals surface area contributed by atoms with Crippen molar-refractivity contribution in [2.75, 3.05) is 23.9 Å². The highest BCUT2D eigenvalue weighted by Crippen LogP contribution is 2.34. The smallest absolute Gasteiger partial charge is 0.229 e. The molecule has 1 aliphatic rings. The Kier molecular flexibility index (Phi) is 5.43. The predicted octanol–water partition coefficient (Wildman–Crippen LogP) is 3.45. The van der Waals surface area contributed by atoms with E-state index in [0.717, 1.165) is 11.1 Å². The summed E-state index contributed by atoms with van der Waals surface area (Å²) in [5, 5.41) is 2.82. The number of aromatic nitrogens is 2. The van der Waals surface area contributed by atoms with Crippen molar-refractivity contribution in [3.63, 3.8) is 0 Å². The maximum atomic E-state index is 12.7. The summed E-state index contributed by atoms with van der Waals surface area (Å²) in [4.78, 5) is 35.6. The van der Waals surface area contributed by atoms with Gasteiger partial charge in [0, 0.05) is 18.5 Å². The van der Waals surface area contributed by atoms with Crippen LogP contribution in [0.2, 0.25) is 0 Å². The summed E-state index contributed by atoms with van der Waals surface area (Å²) in [6.07, 6.45) is 3.29. The summed E-state index contributed by atoms with van der Waals surface area (Å²) in [5.74, 6) is 0.405. The number of nitrogens with zero attached hydrogens (tertiary/aromatic N) is 3. The third-order valence-corrected chi connectivity index (χ3v) is 5.07. The molecular weight excluding hydrogens is 380 g/mol. The van der Waals surface area contributed by atoms with Crippen molar-refractivity contribution in [3.8, 4) is 17.1 Å². The number of methoxy groups -OCH3 is 1. The van der Waals surface area contributed by atoms with Gasteiger partial charge >= 0.3 is 0 Å². The summed E-state index contributed by atoms with van der Waals surface area (Å²) in [6, 6.07) is 15.3. The van der Waals surface area contributed by atoms with Gasteiger partial charge < -0.3 is 15.0 Å². The maximum Gasteiger partial charge on any atom is 0.229 e. The second-order valence-electron chi connectivity index (χ2n) is 7.23. The van der Waals surface area contributed by atoms with E-state index >= 15 is 0 Å². The molecular formula is C23H22N4O3. The number of carbonyl (C=O) groups is 2. The molecule has 30 heavy (non-hydrogen) atoms. The Morgan fingerprint density at radius 2 is 1.87 bits per heavy atom. The van der Waals surface area contributed by atoms with Gasteiger partial charge in [-0.15, -0.1) is 0 Å². The Hall–Kier alpha value is -3.74. The van der Waals surface area contributed by atoms with Crippen molar-refractivity contribution in [2.45, 2.75) is 13.3 Å². The molecule has 1 N–H and O–H groups in total. The number of carbonyl (C=O) groups excluding carboxylic acids is 2. The van der Waals surface area contributed by atoms with Crippen LogP contribution in [-0.2, 0) is 9.59 Å². The summed E-state index contributed by atoms with van der Waals surface area (Å²) < 4.78 is 5.39. The van der Waals surface area contributed by atoms with Crippen molar-refractivity contribution in [1.29, 1.82) is 0 Å². The molecule has 7 heteroatoms. The molecule has 1 fully saturated rings. The summed E-state index contributed by atoms with van der Waals surface area (Å²) in [5.41, 5.74) is 3.11. The standard InChI is InChI=1S/C23H22N4O3/c1-15-8-9-20(30-2)19(10-15)27-14-17(11-21(27)28)23(29)26-18-12-24-22(25-13-18)16-6-4-3-5-7-16/h3-10,12-13,17H,11,14H2,1-2H3,(H,26,29). The lowest BCUT2D eigenvalue weighted by Crippen LogP contribution is -2.28. The van der Waals surface area contributed by atoms with Gasteiger partial charge in [0.15, 0.2) is 5.82 Å². The Balaban J connectivity index is 1.45. The number of rotatable bonds is 5. The van der Waals surface area contributed by atoms with Gasteiger partial charge in [0.05, 0.1) is 36.8 Å². The largest absolute Gasteiger partial charge is 0.495 e. The van der Waals surface area contributed by atoms with Crippen molar-refractivity contribution < 1.29 is 14.3 Å². The average molecular weight is 402 g/mol. The highest BCUT2D eigenvalue weighted by atomic mass is 16.5. The normalized spacial score (nSPS) is 15.9. The van der Waals surface area contributed by atoms with Gasteiger partial charge in [-0.1, -0.05) is 36.4 Å². The summed E-state index contributed by atoms with van der Waals surface area (Å²) in [6.45, 7) is 2.25. The van der Waals surface area contributed by atoms with Crippen LogP contribution in [0.3, 0.4) is 0 Å². The van der Waals surface area contributed by atoms with Crippen LogP contribution in [0.15, 0.2) is 60.9 Å². The number of nitrogens with one attached hydrogen (secondary N) is 1. The molecule has 4 rings (SSSR count). The topological polar surface area (TPSA) is 84.4 Å². The predicted molar refractivity (Wildman–Crippen MR) is 114 cm³/mol. The van der Waals surface area contributed by atoms with Gasteiger partial charge in [0.1, 0.15) is 5.75 Å². The molecule has 1 unspecified atom stereocenters. The number of aryl methyl sites for hydroxylation is 1. The molecule has 2 amide bonds. The zero-order valence-electron chi connectivity index (χ0n) is 16.8. The van der Waals surface area contributed by atoms with E-state index in [2.05, 4.69) is 15.3 Å². The van der Waals surface area contributed by atoms with Crippen molar-refractivity contribution in [1.82, 2.24) is 9.97 Å². The second kappa shape index (κ2) is 8.32. The number of amides is 2. The zero-order chi connectivity index (χ0) is 21.1. The van der Waals surface area contributed by atoms with Crippen LogP contribution in [0.5, 0.6) is 5.75 Å². The van der Waals surface area contributed by atoms with E-state index in [9.17, 15) is 9.59 Å². The molecule has 0 saturated carbocycles. The molecule has 3 aromatic rings. The highest BCUT2D eigenvalue weighted by molar-refractivity contribution is 6.04. The molecule has 1 atom stereocenters. The summed E-state index contributed by atoms with van der Waals surface area (Å²) >= 11 is 0.